The average molecular weight is 211 g/mol. The molecule has 0 aromatic heterocycles. The highest BCUT2D eigenvalue weighted by Gasteiger charge is 2.18. The second-order valence-electron chi connectivity index (χ2n) is 3.10. The first-order valence-electron chi connectivity index (χ1n) is 4.77. The van der Waals surface area contributed by atoms with Crippen LogP contribution in [0.5, 0.6) is 11.5 Å². The fourth-order valence-corrected chi connectivity index (χ4v) is 1.55. The van der Waals surface area contributed by atoms with Crippen LogP contribution in [0.15, 0.2) is 18.2 Å². The van der Waals surface area contributed by atoms with E-state index >= 15 is 0 Å². The quantitative estimate of drug-likeness (QED) is 0.761. The second-order valence-corrected chi connectivity index (χ2v) is 3.10. The Kier molecular flexibility index (Phi) is 4.39. The van der Waals surface area contributed by atoms with Crippen LogP contribution < -0.4 is 14.8 Å². The van der Waals surface area contributed by atoms with Crippen molar-refractivity contribution in [2.75, 3.05) is 27.9 Å². The Bertz CT molecular complexity index is 288. The van der Waals surface area contributed by atoms with E-state index in [1.165, 1.54) is 0 Å². The van der Waals surface area contributed by atoms with Gasteiger partial charge in [0.2, 0.25) is 0 Å². The van der Waals surface area contributed by atoms with Crippen molar-refractivity contribution >= 4 is 0 Å². The number of aliphatic hydroxyl groups excluding tert-OH is 1. The maximum absolute atomic E-state index is 9.25. The molecule has 1 aromatic carbocycles. The zero-order valence-electron chi connectivity index (χ0n) is 9.28. The van der Waals surface area contributed by atoms with Crippen LogP contribution in [0.3, 0.4) is 0 Å². The van der Waals surface area contributed by atoms with Crippen molar-refractivity contribution in [1.29, 1.82) is 0 Å². The normalized spacial score (nSPS) is 12.3. The van der Waals surface area contributed by atoms with E-state index < -0.39 is 0 Å². The molecular formula is C11H17NO3. The van der Waals surface area contributed by atoms with Crippen LogP contribution >= 0.6 is 0 Å². The first kappa shape index (κ1) is 11.8. The number of nitrogens with one attached hydrogen (secondary N) is 1. The molecule has 0 saturated carbocycles. The third-order valence-electron chi connectivity index (χ3n) is 2.35. The van der Waals surface area contributed by atoms with Gasteiger partial charge in [-0.3, -0.25) is 0 Å². The summed E-state index contributed by atoms with van der Waals surface area (Å²) in [5.74, 6) is 1.42. The minimum Gasteiger partial charge on any atom is -0.496 e. The lowest BCUT2D eigenvalue weighted by atomic mass is 10.1. The summed E-state index contributed by atoms with van der Waals surface area (Å²) >= 11 is 0. The monoisotopic (exact) mass is 211 g/mol. The molecule has 0 saturated heterocycles. The van der Waals surface area contributed by atoms with Gasteiger partial charge in [0.1, 0.15) is 11.5 Å². The van der Waals surface area contributed by atoms with Crippen molar-refractivity contribution in [1.82, 2.24) is 5.32 Å². The Morgan fingerprint density at radius 3 is 2.13 bits per heavy atom. The van der Waals surface area contributed by atoms with E-state index in [9.17, 15) is 5.11 Å². The van der Waals surface area contributed by atoms with Gasteiger partial charge in [0.25, 0.3) is 0 Å². The molecule has 0 aliphatic carbocycles. The summed E-state index contributed by atoms with van der Waals surface area (Å²) < 4.78 is 10.5. The summed E-state index contributed by atoms with van der Waals surface area (Å²) in [5, 5.41) is 12.3. The van der Waals surface area contributed by atoms with Gasteiger partial charge in [0.15, 0.2) is 0 Å². The Morgan fingerprint density at radius 1 is 1.27 bits per heavy atom. The van der Waals surface area contributed by atoms with Crippen LogP contribution in [0.2, 0.25) is 0 Å². The topological polar surface area (TPSA) is 50.7 Å². The zero-order valence-corrected chi connectivity index (χ0v) is 9.28. The highest BCUT2D eigenvalue weighted by Crippen LogP contribution is 2.33. The van der Waals surface area contributed by atoms with Crippen molar-refractivity contribution in [3.8, 4) is 11.5 Å². The van der Waals surface area contributed by atoms with Gasteiger partial charge in [-0.1, -0.05) is 6.07 Å². The lowest BCUT2D eigenvalue weighted by Gasteiger charge is -2.19. The fraction of sp³-hybridized carbons (Fsp3) is 0.455. The molecule has 0 heterocycles. The van der Waals surface area contributed by atoms with Crippen LogP contribution in [0.1, 0.15) is 11.6 Å². The van der Waals surface area contributed by atoms with Gasteiger partial charge in [-0.05, 0) is 19.2 Å². The highest BCUT2D eigenvalue weighted by molar-refractivity contribution is 5.47. The van der Waals surface area contributed by atoms with E-state index in [1.807, 2.05) is 18.2 Å². The van der Waals surface area contributed by atoms with Gasteiger partial charge in [-0.2, -0.15) is 0 Å². The summed E-state index contributed by atoms with van der Waals surface area (Å²) in [6, 6.07) is 5.36. The molecule has 0 fully saturated rings. The number of aliphatic hydroxyl groups is 1. The molecule has 0 amide bonds. The van der Waals surface area contributed by atoms with Crippen LogP contribution in [0, 0.1) is 0 Å². The molecule has 0 radical (unpaired) electrons. The van der Waals surface area contributed by atoms with Gasteiger partial charge in [-0.25, -0.2) is 0 Å². The van der Waals surface area contributed by atoms with Crippen molar-refractivity contribution in [2.24, 2.45) is 0 Å². The fourth-order valence-electron chi connectivity index (χ4n) is 1.55. The molecule has 4 nitrogen and oxygen atoms in total. The van der Waals surface area contributed by atoms with Gasteiger partial charge < -0.3 is 19.9 Å². The van der Waals surface area contributed by atoms with Crippen molar-refractivity contribution in [2.45, 2.75) is 6.04 Å². The van der Waals surface area contributed by atoms with E-state index in [0.29, 0.717) is 11.5 Å². The lowest BCUT2D eigenvalue weighted by Crippen LogP contribution is -2.21. The molecule has 0 bridgehead atoms. The molecule has 0 unspecified atom stereocenters. The Hall–Kier alpha value is -1.26. The predicted octanol–water partition coefficient (Wildman–Crippen LogP) is 0.957. The smallest absolute Gasteiger partial charge is 0.127 e. The molecule has 1 aromatic rings. The van der Waals surface area contributed by atoms with Crippen molar-refractivity contribution in [3.63, 3.8) is 0 Å². The van der Waals surface area contributed by atoms with Crippen LogP contribution in [0.25, 0.3) is 0 Å². The van der Waals surface area contributed by atoms with E-state index in [-0.39, 0.29) is 12.6 Å². The molecule has 0 aliphatic rings. The van der Waals surface area contributed by atoms with E-state index in [2.05, 4.69) is 5.32 Å². The molecule has 4 heteroatoms. The average Bonchev–Trinajstić information content (AvgIpc) is 2.30. The number of methoxy groups -OCH3 is 2. The first-order valence-corrected chi connectivity index (χ1v) is 4.77. The number of rotatable bonds is 5. The van der Waals surface area contributed by atoms with Crippen LogP contribution in [-0.4, -0.2) is 33.0 Å². The summed E-state index contributed by atoms with van der Waals surface area (Å²) in [6.45, 7) is -0.00671. The maximum Gasteiger partial charge on any atom is 0.127 e. The minimum atomic E-state index is -0.184. The number of benzene rings is 1. The molecule has 2 N–H and O–H groups in total. The third-order valence-corrected chi connectivity index (χ3v) is 2.35. The number of hydrogen-bond acceptors (Lipinski definition) is 4. The van der Waals surface area contributed by atoms with E-state index in [1.54, 1.807) is 21.3 Å². The molecule has 1 rings (SSSR count). The minimum absolute atomic E-state index is 0.00671. The third kappa shape index (κ3) is 2.40. The molecule has 0 aliphatic heterocycles. The Balaban J connectivity index is 3.20. The molecule has 15 heavy (non-hydrogen) atoms. The molecule has 1 atom stereocenters. The molecule has 0 spiro atoms. The summed E-state index contributed by atoms with van der Waals surface area (Å²) in [5.41, 5.74) is 0.840. The van der Waals surface area contributed by atoms with Crippen LogP contribution in [-0.2, 0) is 0 Å². The first-order chi connectivity index (χ1) is 7.28. The number of likely N-dealkylation sites (N-methyl/N-ethyl adjacent to an activating group) is 1. The standard InChI is InChI=1S/C11H17NO3/c1-12-8(7-13)11-9(14-2)5-4-6-10(11)15-3/h4-6,8,12-13H,7H2,1-3H3/t8-/m0/s1. The van der Waals surface area contributed by atoms with E-state index in [0.717, 1.165) is 5.56 Å². The summed E-state index contributed by atoms with van der Waals surface area (Å²) in [4.78, 5) is 0. The Morgan fingerprint density at radius 2 is 1.80 bits per heavy atom. The molecular weight excluding hydrogens is 194 g/mol. The summed E-state index contributed by atoms with van der Waals surface area (Å²) in [6.07, 6.45) is 0. The lowest BCUT2D eigenvalue weighted by molar-refractivity contribution is 0.243. The van der Waals surface area contributed by atoms with Gasteiger partial charge in [0, 0.05) is 0 Å². The van der Waals surface area contributed by atoms with Crippen LogP contribution in [0.4, 0.5) is 0 Å². The number of hydrogen-bond donors (Lipinski definition) is 2. The number of ether oxygens (including phenoxy) is 2. The maximum atomic E-state index is 9.25. The summed E-state index contributed by atoms with van der Waals surface area (Å²) in [7, 11) is 4.98. The molecule has 84 valence electrons. The Labute approximate surface area is 89.8 Å². The highest BCUT2D eigenvalue weighted by atomic mass is 16.5. The predicted molar refractivity (Wildman–Crippen MR) is 58.4 cm³/mol. The SMILES string of the molecule is CN[C@@H](CO)c1c(OC)cccc1OC. The van der Waals surface area contributed by atoms with Gasteiger partial charge >= 0.3 is 0 Å². The van der Waals surface area contributed by atoms with Crippen molar-refractivity contribution in [3.05, 3.63) is 23.8 Å². The van der Waals surface area contributed by atoms with Gasteiger partial charge in [0.05, 0.1) is 32.4 Å². The van der Waals surface area contributed by atoms with Crippen molar-refractivity contribution < 1.29 is 14.6 Å². The second kappa shape index (κ2) is 5.58. The van der Waals surface area contributed by atoms with Gasteiger partial charge in [-0.15, -0.1) is 0 Å². The zero-order chi connectivity index (χ0) is 11.3. The largest absolute Gasteiger partial charge is 0.496 e. The van der Waals surface area contributed by atoms with E-state index in [4.69, 9.17) is 9.47 Å².